The third kappa shape index (κ3) is 2.11. The third-order valence-electron chi connectivity index (χ3n) is 2.21. The summed E-state index contributed by atoms with van der Waals surface area (Å²) < 4.78 is 5.13. The van der Waals surface area contributed by atoms with Crippen molar-refractivity contribution in [3.05, 3.63) is 47.7 Å². The van der Waals surface area contributed by atoms with Gasteiger partial charge in [-0.05, 0) is 25.5 Å². The van der Waals surface area contributed by atoms with Gasteiger partial charge < -0.3 is 9.73 Å². The Balaban J connectivity index is 2.17. The molecule has 2 rings (SSSR count). The molecule has 0 bridgehead atoms. The maximum Gasteiger partial charge on any atom is 0.311 e. The van der Waals surface area contributed by atoms with Crippen LogP contribution in [-0.4, -0.2) is 10.9 Å². The first kappa shape index (κ1) is 10.4. The third-order valence-corrected chi connectivity index (χ3v) is 2.21. The van der Waals surface area contributed by atoms with Gasteiger partial charge in [-0.15, -0.1) is 0 Å². The summed E-state index contributed by atoms with van der Waals surface area (Å²) in [5.74, 6) is 0.373. The molecule has 0 aliphatic heterocycles. The van der Waals surface area contributed by atoms with Crippen LogP contribution in [0.15, 0.2) is 34.9 Å². The SMILES string of the molecule is Cc1cnc(C(=O)Nc2ccccc2C)o1. The lowest BCUT2D eigenvalue weighted by Gasteiger charge is -2.05. The molecule has 0 saturated carbocycles. The number of para-hydroxylation sites is 1. The number of oxazole rings is 1. The minimum absolute atomic E-state index is 0.0840. The zero-order valence-electron chi connectivity index (χ0n) is 9.15. The van der Waals surface area contributed by atoms with Crippen LogP contribution in [0.2, 0.25) is 0 Å². The molecule has 0 radical (unpaired) electrons. The standard InChI is InChI=1S/C12H12N2O2/c1-8-5-3-4-6-10(8)14-11(15)12-13-7-9(2)16-12/h3-7H,1-2H3,(H,14,15). The van der Waals surface area contributed by atoms with E-state index in [0.29, 0.717) is 5.76 Å². The monoisotopic (exact) mass is 216 g/mol. The summed E-state index contributed by atoms with van der Waals surface area (Å²) in [5, 5.41) is 2.74. The number of carbonyl (C=O) groups is 1. The van der Waals surface area contributed by atoms with Crippen molar-refractivity contribution in [2.24, 2.45) is 0 Å². The smallest absolute Gasteiger partial charge is 0.311 e. The number of benzene rings is 1. The predicted octanol–water partition coefficient (Wildman–Crippen LogP) is 2.54. The Morgan fingerprint density at radius 2 is 2.06 bits per heavy atom. The van der Waals surface area contributed by atoms with Crippen LogP contribution >= 0.6 is 0 Å². The molecular formula is C12H12N2O2. The molecule has 0 atom stereocenters. The Bertz CT molecular complexity index is 517. The summed E-state index contributed by atoms with van der Waals surface area (Å²) in [7, 11) is 0. The highest BCUT2D eigenvalue weighted by atomic mass is 16.4. The second kappa shape index (κ2) is 4.18. The van der Waals surface area contributed by atoms with Gasteiger partial charge in [-0.1, -0.05) is 18.2 Å². The van der Waals surface area contributed by atoms with Crippen molar-refractivity contribution >= 4 is 11.6 Å². The average molecular weight is 216 g/mol. The fourth-order valence-electron chi connectivity index (χ4n) is 1.35. The van der Waals surface area contributed by atoms with Crippen molar-refractivity contribution in [1.29, 1.82) is 0 Å². The van der Waals surface area contributed by atoms with Gasteiger partial charge >= 0.3 is 5.91 Å². The van der Waals surface area contributed by atoms with Crippen molar-refractivity contribution in [1.82, 2.24) is 4.98 Å². The molecule has 1 heterocycles. The number of amides is 1. The Kier molecular flexibility index (Phi) is 2.72. The van der Waals surface area contributed by atoms with Gasteiger partial charge in [0.15, 0.2) is 0 Å². The van der Waals surface area contributed by atoms with E-state index in [-0.39, 0.29) is 11.8 Å². The molecular weight excluding hydrogens is 204 g/mol. The molecule has 0 spiro atoms. The lowest BCUT2D eigenvalue weighted by molar-refractivity contribution is 0.0989. The van der Waals surface area contributed by atoms with Crippen LogP contribution < -0.4 is 5.32 Å². The summed E-state index contributed by atoms with van der Waals surface area (Å²) in [6.45, 7) is 3.67. The summed E-state index contributed by atoms with van der Waals surface area (Å²) in [5.41, 5.74) is 1.77. The van der Waals surface area contributed by atoms with Gasteiger partial charge in [0, 0.05) is 5.69 Å². The number of rotatable bonds is 2. The number of aromatic nitrogens is 1. The molecule has 4 heteroatoms. The van der Waals surface area contributed by atoms with Crippen LogP contribution in [0, 0.1) is 13.8 Å². The van der Waals surface area contributed by atoms with Crippen molar-refractivity contribution in [3.8, 4) is 0 Å². The average Bonchev–Trinajstić information content (AvgIpc) is 2.68. The van der Waals surface area contributed by atoms with Gasteiger partial charge in [0.1, 0.15) is 5.76 Å². The number of aryl methyl sites for hydroxylation is 2. The van der Waals surface area contributed by atoms with Gasteiger partial charge in [-0.2, -0.15) is 0 Å². The highest BCUT2D eigenvalue weighted by Gasteiger charge is 2.12. The van der Waals surface area contributed by atoms with Crippen LogP contribution in [0.4, 0.5) is 5.69 Å². The highest BCUT2D eigenvalue weighted by molar-refractivity contribution is 6.01. The number of anilines is 1. The van der Waals surface area contributed by atoms with Crippen molar-refractivity contribution in [3.63, 3.8) is 0 Å². The van der Waals surface area contributed by atoms with Crippen molar-refractivity contribution < 1.29 is 9.21 Å². The topological polar surface area (TPSA) is 55.1 Å². The molecule has 0 unspecified atom stereocenters. The van der Waals surface area contributed by atoms with Gasteiger partial charge in [0.2, 0.25) is 0 Å². The maximum atomic E-state index is 11.7. The molecule has 0 fully saturated rings. The number of hydrogen-bond acceptors (Lipinski definition) is 3. The van der Waals surface area contributed by atoms with Gasteiger partial charge in [-0.25, -0.2) is 4.98 Å². The zero-order valence-corrected chi connectivity index (χ0v) is 9.15. The molecule has 2 aromatic rings. The fourth-order valence-corrected chi connectivity index (χ4v) is 1.35. The molecule has 4 nitrogen and oxygen atoms in total. The Morgan fingerprint density at radius 1 is 1.31 bits per heavy atom. The molecule has 16 heavy (non-hydrogen) atoms. The summed E-state index contributed by atoms with van der Waals surface area (Å²) in [6, 6.07) is 7.54. The van der Waals surface area contributed by atoms with Crippen LogP contribution in [0.5, 0.6) is 0 Å². The van der Waals surface area contributed by atoms with E-state index in [0.717, 1.165) is 11.3 Å². The second-order valence-corrected chi connectivity index (χ2v) is 3.55. The largest absolute Gasteiger partial charge is 0.438 e. The van der Waals surface area contributed by atoms with Gasteiger partial charge in [0.25, 0.3) is 5.89 Å². The quantitative estimate of drug-likeness (QED) is 0.839. The first-order valence-corrected chi connectivity index (χ1v) is 4.96. The minimum atomic E-state index is -0.331. The van der Waals surface area contributed by atoms with E-state index in [9.17, 15) is 4.79 Å². The van der Waals surface area contributed by atoms with E-state index >= 15 is 0 Å². The molecule has 0 aliphatic carbocycles. The Hall–Kier alpha value is -2.10. The van der Waals surface area contributed by atoms with Crippen LogP contribution in [0.1, 0.15) is 22.0 Å². The van der Waals surface area contributed by atoms with E-state index in [1.165, 1.54) is 6.20 Å². The summed E-state index contributed by atoms with van der Waals surface area (Å²) in [4.78, 5) is 15.6. The first-order valence-electron chi connectivity index (χ1n) is 4.96. The van der Waals surface area contributed by atoms with Crippen LogP contribution in [0.3, 0.4) is 0 Å². The summed E-state index contributed by atoms with van der Waals surface area (Å²) in [6.07, 6.45) is 1.52. The van der Waals surface area contributed by atoms with E-state index in [4.69, 9.17) is 4.42 Å². The second-order valence-electron chi connectivity index (χ2n) is 3.55. The van der Waals surface area contributed by atoms with E-state index in [1.807, 2.05) is 31.2 Å². The van der Waals surface area contributed by atoms with E-state index in [2.05, 4.69) is 10.3 Å². The molecule has 0 aliphatic rings. The predicted molar refractivity (Wildman–Crippen MR) is 60.4 cm³/mol. The molecule has 1 amide bonds. The Morgan fingerprint density at radius 3 is 2.69 bits per heavy atom. The van der Waals surface area contributed by atoms with Crippen molar-refractivity contribution in [2.75, 3.05) is 5.32 Å². The van der Waals surface area contributed by atoms with Crippen molar-refractivity contribution in [2.45, 2.75) is 13.8 Å². The molecule has 1 aromatic carbocycles. The molecule has 1 N–H and O–H groups in total. The zero-order chi connectivity index (χ0) is 11.5. The number of hydrogen-bond donors (Lipinski definition) is 1. The van der Waals surface area contributed by atoms with E-state index in [1.54, 1.807) is 6.92 Å². The first-order chi connectivity index (χ1) is 7.66. The number of nitrogens with zero attached hydrogens (tertiary/aromatic N) is 1. The van der Waals surface area contributed by atoms with Crippen LogP contribution in [0.25, 0.3) is 0 Å². The normalized spacial score (nSPS) is 10.1. The minimum Gasteiger partial charge on any atom is -0.438 e. The molecule has 82 valence electrons. The maximum absolute atomic E-state index is 11.7. The summed E-state index contributed by atoms with van der Waals surface area (Å²) >= 11 is 0. The van der Waals surface area contributed by atoms with Gasteiger partial charge in [-0.3, -0.25) is 4.79 Å². The lowest BCUT2D eigenvalue weighted by Crippen LogP contribution is -2.12. The lowest BCUT2D eigenvalue weighted by atomic mass is 10.2. The molecule has 1 aromatic heterocycles. The number of nitrogens with one attached hydrogen (secondary N) is 1. The van der Waals surface area contributed by atoms with Gasteiger partial charge in [0.05, 0.1) is 6.20 Å². The highest BCUT2D eigenvalue weighted by Crippen LogP contribution is 2.14. The molecule has 0 saturated heterocycles. The Labute approximate surface area is 93.3 Å². The fraction of sp³-hybridized carbons (Fsp3) is 0.167. The number of carbonyl (C=O) groups excluding carboxylic acids is 1. The van der Waals surface area contributed by atoms with E-state index < -0.39 is 0 Å². The van der Waals surface area contributed by atoms with Crippen LogP contribution in [-0.2, 0) is 0 Å².